The number of nitrogens with zero attached hydrogens (tertiary/aromatic N) is 4. The molecule has 1 saturated carbocycles. The van der Waals surface area contributed by atoms with Crippen LogP contribution in [0, 0.1) is 11.8 Å². The number of nitrogens with one attached hydrogen (secondary N) is 2. The van der Waals surface area contributed by atoms with Gasteiger partial charge in [-0.05, 0) is 35.9 Å². The van der Waals surface area contributed by atoms with Crippen molar-refractivity contribution in [2.75, 3.05) is 26.3 Å². The number of amides is 3. The van der Waals surface area contributed by atoms with Crippen LogP contribution < -0.4 is 10.6 Å². The van der Waals surface area contributed by atoms with Crippen molar-refractivity contribution in [2.24, 2.45) is 11.8 Å². The number of ether oxygens (including phenoxy) is 1. The average molecular weight is 497 g/mol. The third kappa shape index (κ3) is 3.75. The normalized spacial score (nSPS) is 27.1. The number of fused-ring (bicyclic) bond motifs is 4. The summed E-state index contributed by atoms with van der Waals surface area (Å²) in [4.78, 5) is 53.6. The van der Waals surface area contributed by atoms with Crippen LogP contribution in [0.25, 0.3) is 11.5 Å². The topological polar surface area (TPSA) is 126 Å². The maximum absolute atomic E-state index is 13.3. The van der Waals surface area contributed by atoms with E-state index in [1.807, 2.05) is 18.2 Å². The number of hydrogen-bond acceptors (Lipinski definition) is 7. The number of rotatable bonds is 4. The maximum atomic E-state index is 13.3. The van der Waals surface area contributed by atoms with Crippen molar-refractivity contribution in [3.8, 4) is 11.5 Å². The van der Waals surface area contributed by atoms with Crippen LogP contribution in [0.3, 0.4) is 0 Å². The van der Waals surface area contributed by atoms with Crippen molar-refractivity contribution >= 4 is 17.7 Å². The number of benzene rings is 1. The van der Waals surface area contributed by atoms with Crippen LogP contribution >= 0.6 is 0 Å². The largest absolute Gasteiger partial charge is 0.381 e. The van der Waals surface area contributed by atoms with Gasteiger partial charge < -0.3 is 20.3 Å². The van der Waals surface area contributed by atoms with Gasteiger partial charge in [-0.15, -0.1) is 0 Å². The highest BCUT2D eigenvalue weighted by Gasteiger charge is 2.54. The molecule has 5 atom stereocenters. The minimum Gasteiger partial charge on any atom is -0.381 e. The molecule has 3 aliphatic heterocycles. The summed E-state index contributed by atoms with van der Waals surface area (Å²) in [6.45, 7) is 2.20. The van der Waals surface area contributed by atoms with Gasteiger partial charge in [-0.1, -0.05) is 6.07 Å². The highest BCUT2D eigenvalue weighted by atomic mass is 16.5. The Morgan fingerprint density at radius 2 is 1.81 bits per heavy atom. The lowest BCUT2D eigenvalue weighted by Crippen LogP contribution is -2.44. The number of carbonyl (C=O) groups excluding carboxylic acids is 3. The van der Waals surface area contributed by atoms with Crippen LogP contribution in [-0.4, -0.2) is 76.0 Å². The molecule has 3 fully saturated rings. The van der Waals surface area contributed by atoms with E-state index in [-0.39, 0.29) is 35.7 Å². The molecule has 7 rings (SSSR count). The Balaban J connectivity index is 1.09. The zero-order valence-corrected chi connectivity index (χ0v) is 19.8. The lowest BCUT2D eigenvalue weighted by molar-refractivity contribution is 0.0782. The van der Waals surface area contributed by atoms with Gasteiger partial charge in [0.25, 0.3) is 17.7 Å². The Kier molecular flexibility index (Phi) is 5.03. The van der Waals surface area contributed by atoms with E-state index >= 15 is 0 Å². The molecule has 1 aromatic carbocycles. The lowest BCUT2D eigenvalue weighted by atomic mass is 9.85. The summed E-state index contributed by atoms with van der Waals surface area (Å²) in [7, 11) is 0. The first-order valence-electron chi connectivity index (χ1n) is 12.4. The van der Waals surface area contributed by atoms with E-state index in [2.05, 4.69) is 25.6 Å². The highest BCUT2D eigenvalue weighted by molar-refractivity contribution is 6.01. The van der Waals surface area contributed by atoms with Crippen molar-refractivity contribution in [1.29, 1.82) is 0 Å². The fourth-order valence-corrected chi connectivity index (χ4v) is 5.83. The van der Waals surface area contributed by atoms with Crippen LogP contribution in [0.15, 0.2) is 55.0 Å². The highest BCUT2D eigenvalue weighted by Crippen LogP contribution is 2.44. The Labute approximate surface area is 212 Å². The van der Waals surface area contributed by atoms with E-state index in [1.165, 1.54) is 12.4 Å². The molecular formula is C27H24N6O4. The summed E-state index contributed by atoms with van der Waals surface area (Å²) in [5, 5.41) is 6.14. The smallest absolute Gasteiger partial charge is 0.257 e. The number of carbonyl (C=O) groups is 3. The predicted octanol–water partition coefficient (Wildman–Crippen LogP) is 1.26. The third-order valence-electron chi connectivity index (χ3n) is 7.92. The molecule has 0 spiro atoms. The quantitative estimate of drug-likeness (QED) is 0.557. The Hall–Kier alpha value is -4.18. The second-order valence-corrected chi connectivity index (χ2v) is 10.1. The molecule has 3 amide bonds. The van der Waals surface area contributed by atoms with Crippen LogP contribution in [-0.2, 0) is 4.74 Å². The SMILES string of the molecule is O=C(NC1[C@H]2COC[C@@H]12)c1ccc2c(c1)C1CN(C(=O)c3cnc(-c4ccccn4)nc3)CC1NC2=O. The van der Waals surface area contributed by atoms with Gasteiger partial charge in [-0.2, -0.15) is 0 Å². The van der Waals surface area contributed by atoms with E-state index in [0.717, 1.165) is 5.56 Å². The Morgan fingerprint density at radius 3 is 2.57 bits per heavy atom. The molecule has 2 saturated heterocycles. The number of pyridine rings is 1. The van der Waals surface area contributed by atoms with Gasteiger partial charge in [0, 0.05) is 66.6 Å². The fraction of sp³-hybridized carbons (Fsp3) is 0.333. The summed E-state index contributed by atoms with van der Waals surface area (Å²) in [6, 6.07) is 10.6. The zero-order valence-electron chi connectivity index (χ0n) is 19.8. The standard InChI is InChI=1S/C27H24N6O4/c34-25(32-23-19-12-37-13-20(19)23)14-4-5-16-17(7-14)18-10-33(11-22(18)31-26(16)35)27(36)15-8-29-24(30-9-15)21-3-1-2-6-28-21/h1-9,18-20,22-23H,10-13H2,(H,31,35)(H,32,34)/t18?,19-,20+,22?,23?. The first kappa shape index (κ1) is 22.1. The molecule has 1 aliphatic carbocycles. The summed E-state index contributed by atoms with van der Waals surface area (Å²) >= 11 is 0. The molecule has 3 unspecified atom stereocenters. The van der Waals surface area contributed by atoms with E-state index in [9.17, 15) is 14.4 Å². The first-order chi connectivity index (χ1) is 18.1. The zero-order chi connectivity index (χ0) is 25.1. The summed E-state index contributed by atoms with van der Waals surface area (Å²) in [6.07, 6.45) is 4.68. The second-order valence-electron chi connectivity index (χ2n) is 10.1. The maximum Gasteiger partial charge on any atom is 0.257 e. The minimum absolute atomic E-state index is 0.105. The van der Waals surface area contributed by atoms with E-state index in [4.69, 9.17) is 4.74 Å². The van der Waals surface area contributed by atoms with Gasteiger partial charge in [0.1, 0.15) is 5.69 Å². The van der Waals surface area contributed by atoms with Crippen LogP contribution in [0.5, 0.6) is 0 Å². The first-order valence-corrected chi connectivity index (χ1v) is 12.4. The van der Waals surface area contributed by atoms with Gasteiger partial charge in [-0.25, -0.2) is 9.97 Å². The average Bonchev–Trinajstić information content (AvgIpc) is 3.28. The molecular weight excluding hydrogens is 472 g/mol. The van der Waals surface area contributed by atoms with Gasteiger partial charge in [0.05, 0.1) is 24.8 Å². The van der Waals surface area contributed by atoms with Crippen molar-refractivity contribution < 1.29 is 19.1 Å². The molecule has 0 radical (unpaired) electrons. The molecule has 5 heterocycles. The van der Waals surface area contributed by atoms with E-state index in [1.54, 1.807) is 29.3 Å². The van der Waals surface area contributed by atoms with Crippen LogP contribution in [0.2, 0.25) is 0 Å². The molecule has 0 bridgehead atoms. The molecule has 3 aromatic rings. The van der Waals surface area contributed by atoms with Gasteiger partial charge >= 0.3 is 0 Å². The summed E-state index contributed by atoms with van der Waals surface area (Å²) in [5.74, 6) is 0.638. The van der Waals surface area contributed by atoms with Gasteiger partial charge in [0.2, 0.25) is 0 Å². The monoisotopic (exact) mass is 496 g/mol. The molecule has 186 valence electrons. The van der Waals surface area contributed by atoms with Crippen LogP contribution in [0.4, 0.5) is 0 Å². The molecule has 10 heteroatoms. The van der Waals surface area contributed by atoms with Crippen molar-refractivity contribution in [2.45, 2.75) is 18.0 Å². The number of hydrogen-bond donors (Lipinski definition) is 2. The van der Waals surface area contributed by atoms with Gasteiger partial charge in [-0.3, -0.25) is 19.4 Å². The molecule has 2 N–H and O–H groups in total. The predicted molar refractivity (Wildman–Crippen MR) is 131 cm³/mol. The Bertz CT molecular complexity index is 1400. The Morgan fingerprint density at radius 1 is 1.00 bits per heavy atom. The fourth-order valence-electron chi connectivity index (χ4n) is 5.83. The molecule has 10 nitrogen and oxygen atoms in total. The number of aromatic nitrogens is 3. The molecule has 4 aliphatic rings. The molecule has 37 heavy (non-hydrogen) atoms. The summed E-state index contributed by atoms with van der Waals surface area (Å²) < 4.78 is 5.41. The van der Waals surface area contributed by atoms with E-state index in [0.29, 0.717) is 66.3 Å². The van der Waals surface area contributed by atoms with Gasteiger partial charge in [0.15, 0.2) is 5.82 Å². The van der Waals surface area contributed by atoms with Crippen molar-refractivity contribution in [3.63, 3.8) is 0 Å². The third-order valence-corrected chi connectivity index (χ3v) is 7.92. The van der Waals surface area contributed by atoms with Crippen molar-refractivity contribution in [1.82, 2.24) is 30.5 Å². The second kappa shape index (κ2) is 8.45. The summed E-state index contributed by atoms with van der Waals surface area (Å²) in [5.41, 5.74) is 2.88. The van der Waals surface area contributed by atoms with Crippen molar-refractivity contribution in [3.05, 3.63) is 77.2 Å². The number of likely N-dealkylation sites (tertiary alicyclic amines) is 1. The minimum atomic E-state index is -0.226. The lowest BCUT2D eigenvalue weighted by Gasteiger charge is -2.28. The molecule has 2 aromatic heterocycles. The van der Waals surface area contributed by atoms with Crippen LogP contribution in [0.1, 0.15) is 42.6 Å². The van der Waals surface area contributed by atoms with E-state index < -0.39 is 0 Å².